The number of nitrogens with one attached hydrogen (secondary N) is 1. The van der Waals surface area contributed by atoms with E-state index in [0.29, 0.717) is 17.0 Å². The van der Waals surface area contributed by atoms with Gasteiger partial charge >= 0.3 is 0 Å². The molecule has 1 fully saturated rings. The Bertz CT molecular complexity index is 401. The minimum atomic E-state index is -0.361. The molecule has 0 bridgehead atoms. The summed E-state index contributed by atoms with van der Waals surface area (Å²) in [6.45, 7) is 2.72. The van der Waals surface area contributed by atoms with Crippen molar-refractivity contribution >= 4 is 11.6 Å². The Labute approximate surface area is 111 Å². The Hall–Kier alpha value is -0.680. The van der Waals surface area contributed by atoms with E-state index >= 15 is 0 Å². The molecule has 18 heavy (non-hydrogen) atoms. The number of ether oxygens (including phenoxy) is 1. The third-order valence-corrected chi connectivity index (χ3v) is 4.01. The molecule has 3 N–H and O–H groups in total. The van der Waals surface area contributed by atoms with Crippen molar-refractivity contribution in [1.29, 1.82) is 0 Å². The molecule has 2 rings (SSSR count). The summed E-state index contributed by atoms with van der Waals surface area (Å²) in [5, 5.41) is 0.428. The first-order chi connectivity index (χ1) is 8.57. The topological polar surface area (TPSA) is 47.3 Å². The zero-order valence-corrected chi connectivity index (χ0v) is 11.1. The van der Waals surface area contributed by atoms with Crippen LogP contribution in [0, 0.1) is 5.82 Å². The van der Waals surface area contributed by atoms with Crippen LogP contribution in [0.1, 0.15) is 25.3 Å². The molecule has 0 aromatic heterocycles. The Morgan fingerprint density at radius 1 is 1.61 bits per heavy atom. The number of hydrazine groups is 1. The Kier molecular flexibility index (Phi) is 4.22. The minimum absolute atomic E-state index is 0.158. The van der Waals surface area contributed by atoms with Crippen molar-refractivity contribution in [3.05, 3.63) is 34.6 Å². The van der Waals surface area contributed by atoms with Crippen LogP contribution in [0.25, 0.3) is 0 Å². The Morgan fingerprint density at radius 3 is 2.94 bits per heavy atom. The highest BCUT2D eigenvalue weighted by Crippen LogP contribution is 2.31. The van der Waals surface area contributed by atoms with Gasteiger partial charge in [-0.15, -0.1) is 0 Å². The normalized spacial score (nSPS) is 25.3. The number of nitrogens with two attached hydrogens (primary N) is 1. The second-order valence-corrected chi connectivity index (χ2v) is 5.30. The highest BCUT2D eigenvalue weighted by molar-refractivity contribution is 6.31. The summed E-state index contributed by atoms with van der Waals surface area (Å²) in [7, 11) is 0. The summed E-state index contributed by atoms with van der Waals surface area (Å²) >= 11 is 6.03. The lowest BCUT2D eigenvalue weighted by Gasteiger charge is -2.33. The van der Waals surface area contributed by atoms with Crippen molar-refractivity contribution in [2.24, 2.45) is 5.84 Å². The van der Waals surface area contributed by atoms with Gasteiger partial charge in [0.1, 0.15) is 5.82 Å². The Balaban J connectivity index is 2.20. The zero-order valence-electron chi connectivity index (χ0n) is 10.4. The van der Waals surface area contributed by atoms with Gasteiger partial charge in [0.25, 0.3) is 0 Å². The predicted molar refractivity (Wildman–Crippen MR) is 69.8 cm³/mol. The van der Waals surface area contributed by atoms with Crippen LogP contribution < -0.4 is 11.3 Å². The smallest absolute Gasteiger partial charge is 0.127 e. The van der Waals surface area contributed by atoms with Crippen molar-refractivity contribution in [3.63, 3.8) is 0 Å². The number of rotatable bonds is 4. The molecule has 0 radical (unpaired) electrons. The fourth-order valence-corrected chi connectivity index (χ4v) is 2.70. The lowest BCUT2D eigenvalue weighted by molar-refractivity contribution is -0.0116. The summed E-state index contributed by atoms with van der Waals surface area (Å²) in [6.07, 6.45) is 2.33. The molecule has 1 aromatic carbocycles. The molecule has 1 aromatic rings. The molecule has 0 saturated carbocycles. The van der Waals surface area contributed by atoms with Crippen LogP contribution in [0.4, 0.5) is 4.39 Å². The number of hydrogen-bond donors (Lipinski definition) is 2. The SMILES string of the molecule is CC1(C(Cc2c(F)cccc2Cl)NN)CCCO1. The molecule has 1 aliphatic heterocycles. The molecule has 100 valence electrons. The van der Waals surface area contributed by atoms with Crippen LogP contribution in [-0.2, 0) is 11.2 Å². The van der Waals surface area contributed by atoms with Gasteiger partial charge < -0.3 is 4.74 Å². The van der Waals surface area contributed by atoms with Crippen molar-refractivity contribution in [2.75, 3.05) is 6.61 Å². The van der Waals surface area contributed by atoms with Crippen LogP contribution in [0.3, 0.4) is 0 Å². The molecular formula is C13H18ClFN2O. The quantitative estimate of drug-likeness (QED) is 0.654. The van der Waals surface area contributed by atoms with Gasteiger partial charge in [0.05, 0.1) is 11.6 Å². The lowest BCUT2D eigenvalue weighted by atomic mass is 9.88. The fourth-order valence-electron chi connectivity index (χ4n) is 2.46. The molecular weight excluding hydrogens is 255 g/mol. The van der Waals surface area contributed by atoms with Crippen LogP contribution >= 0.6 is 11.6 Å². The maximum Gasteiger partial charge on any atom is 0.127 e. The van der Waals surface area contributed by atoms with Crippen molar-refractivity contribution in [3.8, 4) is 0 Å². The molecule has 2 atom stereocenters. The monoisotopic (exact) mass is 272 g/mol. The Morgan fingerprint density at radius 2 is 2.39 bits per heavy atom. The van der Waals surface area contributed by atoms with E-state index < -0.39 is 0 Å². The number of halogens is 2. The summed E-state index contributed by atoms with van der Waals surface area (Å²) < 4.78 is 19.5. The van der Waals surface area contributed by atoms with Crippen molar-refractivity contribution < 1.29 is 9.13 Å². The summed E-state index contributed by atoms with van der Waals surface area (Å²) in [6, 6.07) is 4.53. The summed E-state index contributed by atoms with van der Waals surface area (Å²) in [5.41, 5.74) is 2.86. The summed E-state index contributed by atoms with van der Waals surface area (Å²) in [5.74, 6) is 5.29. The molecule has 3 nitrogen and oxygen atoms in total. The van der Waals surface area contributed by atoms with Crippen LogP contribution in [-0.4, -0.2) is 18.2 Å². The van der Waals surface area contributed by atoms with Crippen LogP contribution in [0.15, 0.2) is 18.2 Å². The van der Waals surface area contributed by atoms with Crippen LogP contribution in [0.5, 0.6) is 0 Å². The third kappa shape index (κ3) is 2.67. The van der Waals surface area contributed by atoms with Gasteiger partial charge in [0.2, 0.25) is 0 Å². The summed E-state index contributed by atoms with van der Waals surface area (Å²) in [4.78, 5) is 0. The second-order valence-electron chi connectivity index (χ2n) is 4.89. The highest BCUT2D eigenvalue weighted by atomic mass is 35.5. The standard InChI is InChI=1S/C13H18ClFN2O/c1-13(6-3-7-18-13)12(17-16)8-9-10(14)4-2-5-11(9)15/h2,4-5,12,17H,3,6-8,16H2,1H3. The second kappa shape index (κ2) is 5.53. The molecule has 1 aliphatic rings. The van der Waals surface area contributed by atoms with Gasteiger partial charge in [0.15, 0.2) is 0 Å². The zero-order chi connectivity index (χ0) is 13.2. The minimum Gasteiger partial charge on any atom is -0.374 e. The molecule has 1 saturated heterocycles. The van der Waals surface area contributed by atoms with Gasteiger partial charge in [0, 0.05) is 17.2 Å². The van der Waals surface area contributed by atoms with E-state index in [-0.39, 0.29) is 17.5 Å². The van der Waals surface area contributed by atoms with Crippen molar-refractivity contribution in [1.82, 2.24) is 5.43 Å². The largest absolute Gasteiger partial charge is 0.374 e. The first kappa shape index (κ1) is 13.7. The van der Waals surface area contributed by atoms with Crippen LogP contribution in [0.2, 0.25) is 5.02 Å². The fraction of sp³-hybridized carbons (Fsp3) is 0.538. The maximum atomic E-state index is 13.8. The first-order valence-electron chi connectivity index (χ1n) is 6.10. The van der Waals surface area contributed by atoms with Gasteiger partial charge in [-0.05, 0) is 38.3 Å². The number of hydrogen-bond acceptors (Lipinski definition) is 3. The third-order valence-electron chi connectivity index (χ3n) is 3.66. The van der Waals surface area contributed by atoms with Gasteiger partial charge in [-0.25, -0.2) is 4.39 Å². The van der Waals surface area contributed by atoms with E-state index in [2.05, 4.69) is 5.43 Å². The van der Waals surface area contributed by atoms with E-state index in [1.807, 2.05) is 6.92 Å². The van der Waals surface area contributed by atoms with E-state index in [0.717, 1.165) is 19.4 Å². The average molecular weight is 273 g/mol. The molecule has 0 amide bonds. The predicted octanol–water partition coefficient (Wildman–Crippen LogP) is 2.42. The van der Waals surface area contributed by atoms with E-state index in [9.17, 15) is 4.39 Å². The van der Waals surface area contributed by atoms with E-state index in [4.69, 9.17) is 22.2 Å². The van der Waals surface area contributed by atoms with Gasteiger partial charge in [-0.2, -0.15) is 0 Å². The molecule has 0 spiro atoms. The van der Waals surface area contributed by atoms with Gasteiger partial charge in [-0.3, -0.25) is 11.3 Å². The van der Waals surface area contributed by atoms with E-state index in [1.54, 1.807) is 12.1 Å². The van der Waals surface area contributed by atoms with Crippen molar-refractivity contribution in [2.45, 2.75) is 37.8 Å². The van der Waals surface area contributed by atoms with Gasteiger partial charge in [-0.1, -0.05) is 17.7 Å². The molecule has 0 aliphatic carbocycles. The number of benzene rings is 1. The molecule has 5 heteroatoms. The first-order valence-corrected chi connectivity index (χ1v) is 6.47. The maximum absolute atomic E-state index is 13.8. The van der Waals surface area contributed by atoms with E-state index in [1.165, 1.54) is 6.07 Å². The highest BCUT2D eigenvalue weighted by Gasteiger charge is 2.38. The molecule has 2 unspecified atom stereocenters. The molecule has 1 heterocycles. The average Bonchev–Trinajstić information content (AvgIpc) is 2.77. The lowest BCUT2D eigenvalue weighted by Crippen LogP contribution is -2.52.